The molecule has 0 aliphatic heterocycles. The number of para-hydroxylation sites is 2. The van der Waals surface area contributed by atoms with E-state index in [2.05, 4.69) is 44.5 Å². The highest BCUT2D eigenvalue weighted by molar-refractivity contribution is 7.99. The number of carbonyl (C=O) groups excluding carboxylic acids is 1. The first-order chi connectivity index (χ1) is 14.7. The number of hydrogen-bond donors (Lipinski definition) is 1. The van der Waals surface area contributed by atoms with Gasteiger partial charge in [-0.25, -0.2) is 0 Å². The van der Waals surface area contributed by atoms with Gasteiger partial charge in [-0.15, -0.1) is 21.5 Å². The van der Waals surface area contributed by atoms with Crippen LogP contribution in [0, 0.1) is 0 Å². The zero-order valence-corrected chi connectivity index (χ0v) is 18.4. The molecule has 30 heavy (non-hydrogen) atoms. The summed E-state index contributed by atoms with van der Waals surface area (Å²) in [4.78, 5) is 12.5. The molecule has 0 atom stereocenters. The maximum atomic E-state index is 12.5. The van der Waals surface area contributed by atoms with Crippen molar-refractivity contribution in [1.82, 2.24) is 14.8 Å². The molecule has 0 unspecified atom stereocenters. The summed E-state index contributed by atoms with van der Waals surface area (Å²) in [6.07, 6.45) is 0. The molecule has 1 amide bonds. The summed E-state index contributed by atoms with van der Waals surface area (Å²) in [5.41, 5.74) is 1.75. The second kappa shape index (κ2) is 9.32. The fourth-order valence-corrected chi connectivity index (χ4v) is 4.94. The number of amides is 1. The van der Waals surface area contributed by atoms with Crippen molar-refractivity contribution in [1.29, 1.82) is 0 Å². The number of thioether (sulfide) groups is 1. The SMILES string of the molecule is CCOc1ccccc1NC(=O)CSc1nnc(-c2csc3ccccc23)n1CC. The molecule has 0 saturated carbocycles. The summed E-state index contributed by atoms with van der Waals surface area (Å²) < 4.78 is 8.85. The molecule has 0 fully saturated rings. The molecule has 8 heteroatoms. The third-order valence-corrected chi connectivity index (χ3v) is 6.48. The van der Waals surface area contributed by atoms with Crippen LogP contribution in [0.25, 0.3) is 21.5 Å². The van der Waals surface area contributed by atoms with E-state index in [-0.39, 0.29) is 11.7 Å². The predicted octanol–water partition coefficient (Wildman–Crippen LogP) is 5.31. The summed E-state index contributed by atoms with van der Waals surface area (Å²) >= 11 is 3.08. The standard InChI is InChI=1S/C22H22N4O2S2/c1-3-26-21(16-13-29-19-12-8-5-9-15(16)19)24-25-22(26)30-14-20(27)23-17-10-6-7-11-18(17)28-4-2/h5-13H,3-4,14H2,1-2H3,(H,23,27). The van der Waals surface area contributed by atoms with Crippen LogP contribution in [-0.2, 0) is 11.3 Å². The molecule has 0 radical (unpaired) electrons. The maximum absolute atomic E-state index is 12.5. The molecule has 0 aliphatic carbocycles. The minimum atomic E-state index is -0.111. The monoisotopic (exact) mass is 438 g/mol. The van der Waals surface area contributed by atoms with E-state index in [1.165, 1.54) is 21.8 Å². The number of rotatable bonds is 8. The van der Waals surface area contributed by atoms with E-state index in [1.807, 2.05) is 43.3 Å². The smallest absolute Gasteiger partial charge is 0.234 e. The average Bonchev–Trinajstić information content (AvgIpc) is 3.37. The normalized spacial score (nSPS) is 11.0. The molecule has 154 valence electrons. The summed E-state index contributed by atoms with van der Waals surface area (Å²) in [7, 11) is 0. The van der Waals surface area contributed by atoms with Gasteiger partial charge in [-0.1, -0.05) is 42.1 Å². The average molecular weight is 439 g/mol. The van der Waals surface area contributed by atoms with Gasteiger partial charge >= 0.3 is 0 Å². The zero-order chi connectivity index (χ0) is 20.9. The van der Waals surface area contributed by atoms with Crippen LogP contribution in [0.15, 0.2) is 59.1 Å². The molecule has 2 aromatic carbocycles. The van der Waals surface area contributed by atoms with Gasteiger partial charge in [0.25, 0.3) is 0 Å². The number of ether oxygens (including phenoxy) is 1. The fourth-order valence-electron chi connectivity index (χ4n) is 3.20. The van der Waals surface area contributed by atoms with Gasteiger partial charge in [-0.3, -0.25) is 4.79 Å². The van der Waals surface area contributed by atoms with E-state index in [0.29, 0.717) is 18.0 Å². The number of thiophene rings is 1. The Hall–Kier alpha value is -2.84. The number of benzene rings is 2. The van der Waals surface area contributed by atoms with Crippen molar-refractivity contribution in [2.75, 3.05) is 17.7 Å². The highest BCUT2D eigenvalue weighted by Crippen LogP contribution is 2.34. The lowest BCUT2D eigenvalue weighted by Gasteiger charge is -2.11. The first-order valence-corrected chi connectivity index (χ1v) is 11.6. The Morgan fingerprint density at radius 3 is 2.77 bits per heavy atom. The predicted molar refractivity (Wildman–Crippen MR) is 123 cm³/mol. The molecule has 0 saturated heterocycles. The van der Waals surface area contributed by atoms with Crippen molar-refractivity contribution >= 4 is 44.8 Å². The van der Waals surface area contributed by atoms with Crippen molar-refractivity contribution < 1.29 is 9.53 Å². The van der Waals surface area contributed by atoms with Gasteiger partial charge in [0, 0.05) is 27.6 Å². The molecule has 2 heterocycles. The Labute approximate surface area is 183 Å². The first kappa shape index (κ1) is 20.4. The molecule has 0 spiro atoms. The van der Waals surface area contributed by atoms with Crippen molar-refractivity contribution in [3.8, 4) is 17.1 Å². The van der Waals surface area contributed by atoms with Gasteiger partial charge in [-0.2, -0.15) is 0 Å². The summed E-state index contributed by atoms with van der Waals surface area (Å²) in [6.45, 7) is 5.25. The van der Waals surface area contributed by atoms with Crippen LogP contribution >= 0.6 is 23.1 Å². The van der Waals surface area contributed by atoms with Crippen molar-refractivity contribution in [2.45, 2.75) is 25.5 Å². The molecule has 2 aromatic heterocycles. The third-order valence-electron chi connectivity index (χ3n) is 4.55. The van der Waals surface area contributed by atoms with Gasteiger partial charge in [0.1, 0.15) is 5.75 Å². The first-order valence-electron chi connectivity index (χ1n) is 9.75. The minimum Gasteiger partial charge on any atom is -0.492 e. The highest BCUT2D eigenvalue weighted by Gasteiger charge is 2.17. The lowest BCUT2D eigenvalue weighted by molar-refractivity contribution is -0.113. The fraction of sp³-hybridized carbons (Fsp3) is 0.227. The molecule has 0 aliphatic rings. The van der Waals surface area contributed by atoms with E-state index in [1.54, 1.807) is 11.3 Å². The highest BCUT2D eigenvalue weighted by atomic mass is 32.2. The van der Waals surface area contributed by atoms with Gasteiger partial charge in [-0.05, 0) is 32.0 Å². The van der Waals surface area contributed by atoms with Crippen molar-refractivity contribution in [3.63, 3.8) is 0 Å². The van der Waals surface area contributed by atoms with Crippen LogP contribution in [0.1, 0.15) is 13.8 Å². The van der Waals surface area contributed by atoms with Gasteiger partial charge in [0.05, 0.1) is 18.0 Å². The topological polar surface area (TPSA) is 69.0 Å². The number of nitrogens with zero attached hydrogens (tertiary/aromatic N) is 3. The number of nitrogens with one attached hydrogen (secondary N) is 1. The maximum Gasteiger partial charge on any atom is 0.234 e. The zero-order valence-electron chi connectivity index (χ0n) is 16.8. The van der Waals surface area contributed by atoms with Crippen LogP contribution in [0.2, 0.25) is 0 Å². The third kappa shape index (κ3) is 4.20. The second-order valence-electron chi connectivity index (χ2n) is 6.46. The van der Waals surface area contributed by atoms with E-state index in [4.69, 9.17) is 4.74 Å². The molecular formula is C22H22N4O2S2. The van der Waals surface area contributed by atoms with Crippen LogP contribution in [0.3, 0.4) is 0 Å². The molecule has 4 aromatic rings. The number of carbonyl (C=O) groups is 1. The molecule has 1 N–H and O–H groups in total. The van der Waals surface area contributed by atoms with Crippen LogP contribution in [-0.4, -0.2) is 33.0 Å². The number of anilines is 1. The number of hydrogen-bond acceptors (Lipinski definition) is 6. The van der Waals surface area contributed by atoms with Crippen molar-refractivity contribution in [3.05, 3.63) is 53.9 Å². The quantitative estimate of drug-likeness (QED) is 0.378. The Morgan fingerprint density at radius 1 is 1.13 bits per heavy atom. The largest absolute Gasteiger partial charge is 0.492 e. The number of fused-ring (bicyclic) bond motifs is 1. The van der Waals surface area contributed by atoms with E-state index >= 15 is 0 Å². The van der Waals surface area contributed by atoms with Crippen LogP contribution in [0.5, 0.6) is 5.75 Å². The lowest BCUT2D eigenvalue weighted by atomic mass is 10.1. The molecule has 4 rings (SSSR count). The van der Waals surface area contributed by atoms with E-state index in [9.17, 15) is 4.79 Å². The lowest BCUT2D eigenvalue weighted by Crippen LogP contribution is -2.15. The summed E-state index contributed by atoms with van der Waals surface area (Å²) in [6, 6.07) is 15.7. The molecular weight excluding hydrogens is 416 g/mol. The second-order valence-corrected chi connectivity index (χ2v) is 8.32. The summed E-state index contributed by atoms with van der Waals surface area (Å²) in [5, 5.41) is 15.7. The Kier molecular flexibility index (Phi) is 6.35. The Morgan fingerprint density at radius 2 is 1.93 bits per heavy atom. The number of aromatic nitrogens is 3. The van der Waals surface area contributed by atoms with Crippen molar-refractivity contribution in [2.24, 2.45) is 0 Å². The summed E-state index contributed by atoms with van der Waals surface area (Å²) in [5.74, 6) is 1.63. The van der Waals surface area contributed by atoms with E-state index in [0.717, 1.165) is 23.1 Å². The van der Waals surface area contributed by atoms with Crippen LogP contribution in [0.4, 0.5) is 5.69 Å². The van der Waals surface area contributed by atoms with Gasteiger partial charge in [0.15, 0.2) is 11.0 Å². The minimum absolute atomic E-state index is 0.111. The van der Waals surface area contributed by atoms with Gasteiger partial charge < -0.3 is 14.6 Å². The van der Waals surface area contributed by atoms with E-state index < -0.39 is 0 Å². The Bertz CT molecular complexity index is 1170. The Balaban J connectivity index is 1.49. The van der Waals surface area contributed by atoms with Crippen LogP contribution < -0.4 is 10.1 Å². The van der Waals surface area contributed by atoms with Gasteiger partial charge in [0.2, 0.25) is 5.91 Å². The molecule has 0 bridgehead atoms. The molecule has 6 nitrogen and oxygen atoms in total.